The van der Waals surface area contributed by atoms with E-state index >= 15 is 0 Å². The maximum absolute atomic E-state index is 13.0. The van der Waals surface area contributed by atoms with Crippen LogP contribution < -0.4 is 10.6 Å². The van der Waals surface area contributed by atoms with Gasteiger partial charge >= 0.3 is 6.18 Å². The summed E-state index contributed by atoms with van der Waals surface area (Å²) in [7, 11) is 1.37. The first-order valence-corrected chi connectivity index (χ1v) is 8.06. The molecule has 0 saturated heterocycles. The first-order valence-electron chi connectivity index (χ1n) is 8.06. The molecule has 2 aromatic heterocycles. The lowest BCUT2D eigenvalue weighted by Crippen LogP contribution is -2.24. The standard InChI is InChI=1S/C16H18F3N7/c1-15(2,8-20)26-7-11(12(25-26)9-4-5-9)23-14-22-6-10(16(17,18)19)13(21-3)24-14/h6-7,9H,4-5H2,1-3H3,(H2,21,22,23,24). The maximum Gasteiger partial charge on any atom is 0.421 e. The normalized spacial score (nSPS) is 14.8. The smallest absolute Gasteiger partial charge is 0.372 e. The molecule has 0 unspecified atom stereocenters. The summed E-state index contributed by atoms with van der Waals surface area (Å²) in [6.07, 6.45) is -0.182. The zero-order valence-corrected chi connectivity index (χ0v) is 14.5. The number of nitriles is 1. The predicted molar refractivity (Wildman–Crippen MR) is 89.0 cm³/mol. The Balaban J connectivity index is 1.95. The number of aromatic nitrogens is 4. The van der Waals surface area contributed by atoms with Gasteiger partial charge in [0.15, 0.2) is 0 Å². The van der Waals surface area contributed by atoms with Crippen LogP contribution >= 0.6 is 0 Å². The minimum Gasteiger partial charge on any atom is -0.372 e. The van der Waals surface area contributed by atoms with Gasteiger partial charge in [0.1, 0.15) is 16.9 Å². The number of hydrogen-bond donors (Lipinski definition) is 2. The number of nitrogens with zero attached hydrogens (tertiary/aromatic N) is 5. The Kier molecular flexibility index (Phi) is 4.26. The van der Waals surface area contributed by atoms with Crippen molar-refractivity contribution < 1.29 is 13.2 Å². The molecule has 3 rings (SSSR count). The average Bonchev–Trinajstić information content (AvgIpc) is 3.34. The summed E-state index contributed by atoms with van der Waals surface area (Å²) in [5.41, 5.74) is -0.421. The van der Waals surface area contributed by atoms with Gasteiger partial charge in [-0.05, 0) is 26.7 Å². The molecule has 1 aliphatic carbocycles. The Morgan fingerprint density at radius 1 is 1.31 bits per heavy atom. The van der Waals surface area contributed by atoms with E-state index in [0.717, 1.165) is 24.7 Å². The summed E-state index contributed by atoms with van der Waals surface area (Å²) in [5, 5.41) is 19.2. The van der Waals surface area contributed by atoms with Crippen LogP contribution in [0.15, 0.2) is 12.4 Å². The fraction of sp³-hybridized carbons (Fsp3) is 0.500. The van der Waals surface area contributed by atoms with E-state index in [0.29, 0.717) is 5.69 Å². The van der Waals surface area contributed by atoms with Crippen molar-refractivity contribution in [3.8, 4) is 6.07 Å². The van der Waals surface area contributed by atoms with Crippen molar-refractivity contribution in [2.75, 3.05) is 17.7 Å². The van der Waals surface area contributed by atoms with Gasteiger partial charge in [0.25, 0.3) is 0 Å². The first-order chi connectivity index (χ1) is 12.2. The molecule has 0 aromatic carbocycles. The minimum absolute atomic E-state index is 0.0264. The lowest BCUT2D eigenvalue weighted by molar-refractivity contribution is -0.137. The number of anilines is 3. The third-order valence-electron chi connectivity index (χ3n) is 4.13. The monoisotopic (exact) mass is 365 g/mol. The summed E-state index contributed by atoms with van der Waals surface area (Å²) < 4.78 is 40.4. The van der Waals surface area contributed by atoms with Gasteiger partial charge in [0, 0.05) is 19.2 Å². The van der Waals surface area contributed by atoms with E-state index in [-0.39, 0.29) is 17.7 Å². The van der Waals surface area contributed by atoms with Crippen LogP contribution in [0.2, 0.25) is 0 Å². The second-order valence-electron chi connectivity index (χ2n) is 6.65. The van der Waals surface area contributed by atoms with Crippen LogP contribution in [0.25, 0.3) is 0 Å². The molecule has 2 N–H and O–H groups in total. The molecular weight excluding hydrogens is 347 g/mol. The molecule has 1 aliphatic rings. The van der Waals surface area contributed by atoms with Gasteiger partial charge in [-0.2, -0.15) is 28.5 Å². The molecule has 0 aliphatic heterocycles. The SMILES string of the molecule is CNc1nc(Nc2cn(C(C)(C)C#N)nc2C2CC2)ncc1C(F)(F)F. The molecule has 26 heavy (non-hydrogen) atoms. The summed E-state index contributed by atoms with van der Waals surface area (Å²) in [5.74, 6) is -0.0160. The van der Waals surface area contributed by atoms with Gasteiger partial charge in [0.2, 0.25) is 5.95 Å². The Bertz CT molecular complexity index is 860. The van der Waals surface area contributed by atoms with Crippen molar-refractivity contribution in [1.29, 1.82) is 5.26 Å². The Morgan fingerprint density at radius 2 is 2.00 bits per heavy atom. The summed E-state index contributed by atoms with van der Waals surface area (Å²) in [4.78, 5) is 7.69. The Hall–Kier alpha value is -2.83. The minimum atomic E-state index is -4.54. The van der Waals surface area contributed by atoms with E-state index in [4.69, 9.17) is 0 Å². The van der Waals surface area contributed by atoms with Crippen LogP contribution in [-0.4, -0.2) is 26.8 Å². The highest BCUT2D eigenvalue weighted by atomic mass is 19.4. The summed E-state index contributed by atoms with van der Waals surface area (Å²) in [6.45, 7) is 3.46. The molecule has 0 radical (unpaired) electrons. The molecule has 1 saturated carbocycles. The van der Waals surface area contributed by atoms with Crippen LogP contribution in [0.5, 0.6) is 0 Å². The Labute approximate surface area is 148 Å². The highest BCUT2D eigenvalue weighted by molar-refractivity contribution is 5.59. The van der Waals surface area contributed by atoms with Crippen molar-refractivity contribution in [2.24, 2.45) is 0 Å². The first kappa shape index (κ1) is 18.0. The molecule has 0 spiro atoms. The third kappa shape index (κ3) is 3.42. The van der Waals surface area contributed by atoms with E-state index in [1.807, 2.05) is 0 Å². The molecule has 0 bridgehead atoms. The number of halogens is 3. The topological polar surface area (TPSA) is 91.5 Å². The number of nitrogens with one attached hydrogen (secondary N) is 2. The van der Waals surface area contributed by atoms with Gasteiger partial charge in [-0.1, -0.05) is 0 Å². The lowest BCUT2D eigenvalue weighted by Gasteiger charge is -2.15. The van der Waals surface area contributed by atoms with Gasteiger partial charge in [-0.3, -0.25) is 4.68 Å². The molecule has 138 valence electrons. The van der Waals surface area contributed by atoms with E-state index in [1.54, 1.807) is 24.7 Å². The molecule has 0 atom stereocenters. The third-order valence-corrected chi connectivity index (χ3v) is 4.13. The number of hydrogen-bond acceptors (Lipinski definition) is 6. The second kappa shape index (κ2) is 6.16. The van der Waals surface area contributed by atoms with Gasteiger partial charge in [0.05, 0.1) is 23.6 Å². The molecule has 0 amide bonds. The highest BCUT2D eigenvalue weighted by Gasteiger charge is 2.35. The van der Waals surface area contributed by atoms with Crippen molar-refractivity contribution in [3.05, 3.63) is 23.7 Å². The van der Waals surface area contributed by atoms with Crippen LogP contribution in [0, 0.1) is 11.3 Å². The van der Waals surface area contributed by atoms with Crippen molar-refractivity contribution in [3.63, 3.8) is 0 Å². The highest BCUT2D eigenvalue weighted by Crippen LogP contribution is 2.43. The number of rotatable bonds is 5. The zero-order chi connectivity index (χ0) is 19.1. The van der Waals surface area contributed by atoms with E-state index < -0.39 is 17.3 Å². The van der Waals surface area contributed by atoms with Gasteiger partial charge < -0.3 is 10.6 Å². The summed E-state index contributed by atoms with van der Waals surface area (Å²) >= 11 is 0. The van der Waals surface area contributed by atoms with E-state index in [2.05, 4.69) is 31.8 Å². The average molecular weight is 365 g/mol. The Morgan fingerprint density at radius 3 is 2.54 bits per heavy atom. The van der Waals surface area contributed by atoms with Crippen molar-refractivity contribution in [2.45, 2.75) is 44.3 Å². The quantitative estimate of drug-likeness (QED) is 0.841. The van der Waals surface area contributed by atoms with E-state index in [1.165, 1.54) is 7.05 Å². The number of alkyl halides is 3. The molecule has 10 heteroatoms. The van der Waals surface area contributed by atoms with Gasteiger partial charge in [-0.25, -0.2) is 4.98 Å². The largest absolute Gasteiger partial charge is 0.421 e. The predicted octanol–water partition coefficient (Wildman–Crippen LogP) is 3.61. The van der Waals surface area contributed by atoms with Crippen molar-refractivity contribution >= 4 is 17.5 Å². The van der Waals surface area contributed by atoms with Crippen LogP contribution in [0.4, 0.5) is 30.6 Å². The van der Waals surface area contributed by atoms with Crippen molar-refractivity contribution in [1.82, 2.24) is 19.7 Å². The van der Waals surface area contributed by atoms with Crippen LogP contribution in [0.3, 0.4) is 0 Å². The second-order valence-corrected chi connectivity index (χ2v) is 6.65. The van der Waals surface area contributed by atoms with E-state index in [9.17, 15) is 18.4 Å². The lowest BCUT2D eigenvalue weighted by atomic mass is 10.1. The molecule has 2 aromatic rings. The van der Waals surface area contributed by atoms with Gasteiger partial charge in [-0.15, -0.1) is 0 Å². The zero-order valence-electron chi connectivity index (χ0n) is 14.5. The summed E-state index contributed by atoms with van der Waals surface area (Å²) in [6, 6.07) is 2.17. The molecule has 1 fully saturated rings. The molecule has 7 nitrogen and oxygen atoms in total. The fourth-order valence-corrected chi connectivity index (χ4v) is 2.44. The van der Waals surface area contributed by atoms with Crippen LogP contribution in [-0.2, 0) is 11.7 Å². The van der Waals surface area contributed by atoms with Crippen LogP contribution in [0.1, 0.15) is 43.9 Å². The molecule has 2 heterocycles. The maximum atomic E-state index is 13.0. The fourth-order valence-electron chi connectivity index (χ4n) is 2.44. The molecular formula is C16H18F3N7.